The Morgan fingerprint density at radius 3 is 2.39 bits per heavy atom. The van der Waals surface area contributed by atoms with E-state index in [0.29, 0.717) is 31.6 Å². The third-order valence-corrected chi connectivity index (χ3v) is 6.07. The van der Waals surface area contributed by atoms with Gasteiger partial charge in [0.05, 0.1) is 5.69 Å². The lowest BCUT2D eigenvalue weighted by Gasteiger charge is -2.31. The van der Waals surface area contributed by atoms with Crippen LogP contribution in [0.3, 0.4) is 0 Å². The Labute approximate surface area is 181 Å². The normalized spacial score (nSPS) is 14.3. The van der Waals surface area contributed by atoms with E-state index in [-0.39, 0.29) is 28.5 Å². The number of carbonyl (C=O) groups excluding carboxylic acids is 2. The molecule has 3 amide bonds. The summed E-state index contributed by atoms with van der Waals surface area (Å²) >= 11 is 1.21. The van der Waals surface area contributed by atoms with Crippen molar-refractivity contribution in [3.8, 4) is 0 Å². The summed E-state index contributed by atoms with van der Waals surface area (Å²) in [5.41, 5.74) is 0.618. The van der Waals surface area contributed by atoms with Crippen molar-refractivity contribution < 1.29 is 18.4 Å². The molecule has 1 aliphatic rings. The molecule has 1 aliphatic heterocycles. The summed E-state index contributed by atoms with van der Waals surface area (Å²) in [6.07, 6.45) is 1.33. The first-order valence-corrected chi connectivity index (χ1v) is 10.5. The van der Waals surface area contributed by atoms with E-state index >= 15 is 0 Å². The molecular formula is C21H19F2N5O2S. The molecule has 2 N–H and O–H groups in total. The summed E-state index contributed by atoms with van der Waals surface area (Å²) in [6.45, 7) is 0.975. The minimum absolute atomic E-state index is 0.0855. The van der Waals surface area contributed by atoms with Gasteiger partial charge in [-0.25, -0.2) is 13.6 Å². The number of likely N-dealkylation sites (tertiary alicyclic amines) is 1. The van der Waals surface area contributed by atoms with Crippen molar-refractivity contribution in [1.82, 2.24) is 15.1 Å². The van der Waals surface area contributed by atoms with Crippen molar-refractivity contribution >= 4 is 34.6 Å². The molecule has 7 nitrogen and oxygen atoms in total. The Morgan fingerprint density at radius 2 is 1.68 bits per heavy atom. The average molecular weight is 443 g/mol. The summed E-state index contributed by atoms with van der Waals surface area (Å²) in [7, 11) is 0. The molecule has 1 fully saturated rings. The van der Waals surface area contributed by atoms with E-state index in [1.807, 2.05) is 0 Å². The Bertz CT molecular complexity index is 1080. The Morgan fingerprint density at radius 1 is 0.968 bits per heavy atom. The topological polar surface area (TPSA) is 87.2 Å². The molecule has 3 aromatic rings. The standard InChI is InChI=1S/C21H19F2N5O2S/c22-14-5-7-15(8-6-14)24-18(29)20-27-26-19(31-20)13-9-11-28(12-10-13)21(30)25-17-4-2-1-3-16(17)23/h1-8,13H,9-12H2,(H,24,29)(H,25,30). The third kappa shape index (κ3) is 5.02. The van der Waals surface area contributed by atoms with Gasteiger partial charge in [-0.2, -0.15) is 0 Å². The number of urea groups is 1. The van der Waals surface area contributed by atoms with E-state index in [1.165, 1.54) is 47.7 Å². The lowest BCUT2D eigenvalue weighted by atomic mass is 9.98. The predicted octanol–water partition coefficient (Wildman–Crippen LogP) is 4.48. The van der Waals surface area contributed by atoms with Crippen molar-refractivity contribution in [3.05, 3.63) is 70.2 Å². The second-order valence-corrected chi connectivity index (χ2v) is 8.09. The summed E-state index contributed by atoms with van der Waals surface area (Å²) in [5, 5.41) is 14.3. The number of rotatable bonds is 4. The van der Waals surface area contributed by atoms with E-state index in [2.05, 4.69) is 20.8 Å². The first-order chi connectivity index (χ1) is 15.0. The molecule has 31 heavy (non-hydrogen) atoms. The molecule has 0 saturated carbocycles. The number of para-hydroxylation sites is 1. The zero-order valence-electron chi connectivity index (χ0n) is 16.3. The van der Waals surface area contributed by atoms with E-state index in [0.717, 1.165) is 5.01 Å². The number of hydrogen-bond acceptors (Lipinski definition) is 5. The molecule has 0 atom stereocenters. The molecule has 160 valence electrons. The van der Waals surface area contributed by atoms with Crippen LogP contribution < -0.4 is 10.6 Å². The molecule has 0 aliphatic carbocycles. The predicted molar refractivity (Wildman–Crippen MR) is 113 cm³/mol. The molecule has 0 radical (unpaired) electrons. The number of anilines is 2. The van der Waals surface area contributed by atoms with Crippen LogP contribution in [-0.4, -0.2) is 40.1 Å². The Kier molecular flexibility index (Phi) is 6.17. The van der Waals surface area contributed by atoms with E-state index < -0.39 is 11.7 Å². The van der Waals surface area contributed by atoms with Crippen LogP contribution >= 0.6 is 11.3 Å². The van der Waals surface area contributed by atoms with Crippen molar-refractivity contribution in [3.63, 3.8) is 0 Å². The van der Waals surface area contributed by atoms with Crippen molar-refractivity contribution in [1.29, 1.82) is 0 Å². The number of benzene rings is 2. The van der Waals surface area contributed by atoms with Gasteiger partial charge in [0.2, 0.25) is 5.01 Å². The summed E-state index contributed by atoms with van der Waals surface area (Å²) in [6, 6.07) is 11.1. The monoisotopic (exact) mass is 443 g/mol. The Hall–Kier alpha value is -3.40. The molecule has 4 rings (SSSR count). The summed E-state index contributed by atoms with van der Waals surface area (Å²) in [5.74, 6) is -1.18. The third-order valence-electron chi connectivity index (χ3n) is 4.98. The van der Waals surface area contributed by atoms with Gasteiger partial charge < -0.3 is 15.5 Å². The number of aromatic nitrogens is 2. The molecular weight excluding hydrogens is 424 g/mol. The van der Waals surface area contributed by atoms with Crippen LogP contribution in [-0.2, 0) is 0 Å². The highest BCUT2D eigenvalue weighted by atomic mass is 32.1. The summed E-state index contributed by atoms with van der Waals surface area (Å²) in [4.78, 5) is 26.4. The zero-order chi connectivity index (χ0) is 21.8. The number of hydrogen-bond donors (Lipinski definition) is 2. The first-order valence-electron chi connectivity index (χ1n) is 9.70. The highest BCUT2D eigenvalue weighted by molar-refractivity contribution is 7.13. The van der Waals surface area contributed by atoms with Gasteiger partial charge in [-0.1, -0.05) is 23.5 Å². The van der Waals surface area contributed by atoms with Gasteiger partial charge in [0.15, 0.2) is 0 Å². The fraction of sp³-hybridized carbons (Fsp3) is 0.238. The highest BCUT2D eigenvalue weighted by Gasteiger charge is 2.27. The maximum absolute atomic E-state index is 13.7. The van der Waals surface area contributed by atoms with Gasteiger partial charge in [-0.05, 0) is 49.2 Å². The largest absolute Gasteiger partial charge is 0.324 e. The van der Waals surface area contributed by atoms with Crippen LogP contribution in [0.2, 0.25) is 0 Å². The molecule has 0 bridgehead atoms. The van der Waals surface area contributed by atoms with Crippen molar-refractivity contribution in [2.45, 2.75) is 18.8 Å². The molecule has 1 aromatic heterocycles. The number of nitrogens with zero attached hydrogens (tertiary/aromatic N) is 3. The summed E-state index contributed by atoms with van der Waals surface area (Å²) < 4.78 is 26.7. The number of piperidine rings is 1. The van der Waals surface area contributed by atoms with Crippen LogP contribution in [0.4, 0.5) is 25.0 Å². The van der Waals surface area contributed by atoms with Gasteiger partial charge in [-0.3, -0.25) is 4.79 Å². The number of halogens is 2. The lowest BCUT2D eigenvalue weighted by molar-refractivity contribution is 0.102. The van der Waals surface area contributed by atoms with Crippen LogP contribution in [0.15, 0.2) is 48.5 Å². The minimum atomic E-state index is -0.481. The first kappa shape index (κ1) is 20.9. The smallest absolute Gasteiger partial charge is 0.321 e. The maximum Gasteiger partial charge on any atom is 0.321 e. The van der Waals surface area contributed by atoms with Crippen LogP contribution in [0, 0.1) is 11.6 Å². The second kappa shape index (κ2) is 9.17. The van der Waals surface area contributed by atoms with Crippen molar-refractivity contribution in [2.24, 2.45) is 0 Å². The number of amides is 3. The molecule has 2 heterocycles. The molecule has 2 aromatic carbocycles. The number of nitrogens with one attached hydrogen (secondary N) is 2. The van der Waals surface area contributed by atoms with Gasteiger partial charge in [0.1, 0.15) is 16.6 Å². The van der Waals surface area contributed by atoms with Crippen LogP contribution in [0.25, 0.3) is 0 Å². The van der Waals surface area contributed by atoms with E-state index in [1.54, 1.807) is 17.0 Å². The minimum Gasteiger partial charge on any atom is -0.324 e. The SMILES string of the molecule is O=C(Nc1ccc(F)cc1)c1nnc(C2CCN(C(=O)Nc3ccccc3F)CC2)s1. The molecule has 0 spiro atoms. The molecule has 10 heteroatoms. The quantitative estimate of drug-likeness (QED) is 0.622. The zero-order valence-corrected chi connectivity index (χ0v) is 17.2. The van der Waals surface area contributed by atoms with Gasteiger partial charge in [-0.15, -0.1) is 10.2 Å². The highest BCUT2D eigenvalue weighted by Crippen LogP contribution is 2.30. The van der Waals surface area contributed by atoms with Gasteiger partial charge in [0, 0.05) is 24.7 Å². The Balaban J connectivity index is 1.31. The number of carbonyl (C=O) groups is 2. The van der Waals surface area contributed by atoms with Crippen LogP contribution in [0.1, 0.15) is 33.6 Å². The second-order valence-electron chi connectivity index (χ2n) is 7.08. The lowest BCUT2D eigenvalue weighted by Crippen LogP contribution is -2.40. The van der Waals surface area contributed by atoms with Gasteiger partial charge in [0.25, 0.3) is 5.91 Å². The van der Waals surface area contributed by atoms with E-state index in [4.69, 9.17) is 0 Å². The molecule has 1 saturated heterocycles. The average Bonchev–Trinajstić information content (AvgIpc) is 3.27. The van der Waals surface area contributed by atoms with Gasteiger partial charge >= 0.3 is 6.03 Å². The van der Waals surface area contributed by atoms with Crippen LogP contribution in [0.5, 0.6) is 0 Å². The fourth-order valence-electron chi connectivity index (χ4n) is 3.30. The van der Waals surface area contributed by atoms with E-state index in [9.17, 15) is 18.4 Å². The molecule has 0 unspecified atom stereocenters. The fourth-order valence-corrected chi connectivity index (χ4v) is 4.20. The maximum atomic E-state index is 13.7. The van der Waals surface area contributed by atoms with Crippen molar-refractivity contribution in [2.75, 3.05) is 23.7 Å².